The van der Waals surface area contributed by atoms with E-state index < -0.39 is 84.0 Å². The van der Waals surface area contributed by atoms with Gasteiger partial charge in [0.05, 0.1) is 12.5 Å². The number of esters is 1. The number of carbonyl (C=O) groups excluding carboxylic acids is 4. The molecule has 0 aromatic carbocycles. The molecule has 0 heterocycles. The molecule has 42 heavy (non-hydrogen) atoms. The molecule has 0 saturated heterocycles. The van der Waals surface area contributed by atoms with Gasteiger partial charge in [0.1, 0.15) is 11.6 Å². The maximum atomic E-state index is 13.4. The number of allylic oxidation sites excluding steroid dienone is 4. The van der Waals surface area contributed by atoms with Gasteiger partial charge in [0.25, 0.3) is 0 Å². The van der Waals surface area contributed by atoms with Crippen LogP contribution in [0.15, 0.2) is 23.8 Å². The molecule has 5 N–H and O–H groups in total. The number of fused-ring (bicyclic) bond motifs is 5. The molecule has 0 aliphatic heterocycles. The highest BCUT2D eigenvalue weighted by Gasteiger charge is 2.68. The average molecular weight is 590 g/mol. The highest BCUT2D eigenvalue weighted by molar-refractivity contribution is 6.01. The van der Waals surface area contributed by atoms with Gasteiger partial charge in [-0.05, 0) is 62.5 Å². The molecule has 0 aromatic rings. The number of aliphatic carboxylic acids is 2. The lowest BCUT2D eigenvalue weighted by molar-refractivity contribution is -0.181. The van der Waals surface area contributed by atoms with Crippen LogP contribution in [-0.4, -0.2) is 80.2 Å². The zero-order chi connectivity index (χ0) is 31.0. The molecule has 0 spiro atoms. The second-order valence-electron chi connectivity index (χ2n) is 12.6. The minimum atomic E-state index is -1.82. The van der Waals surface area contributed by atoms with Crippen LogP contribution >= 0.6 is 0 Å². The van der Waals surface area contributed by atoms with Crippen LogP contribution in [0.5, 0.6) is 0 Å². The summed E-state index contributed by atoms with van der Waals surface area (Å²) in [6.45, 7) is 3.13. The Kier molecular flexibility index (Phi) is 8.80. The summed E-state index contributed by atoms with van der Waals surface area (Å²) in [5.74, 6) is -5.24. The van der Waals surface area contributed by atoms with Crippen molar-refractivity contribution in [2.75, 3.05) is 6.61 Å². The van der Waals surface area contributed by atoms with Crippen LogP contribution in [0.25, 0.3) is 0 Å². The number of hydrogen-bond donors (Lipinski definition) is 5. The summed E-state index contributed by atoms with van der Waals surface area (Å²) < 4.78 is 5.08. The molecule has 0 bridgehead atoms. The number of nitrogens with one attached hydrogen (secondary N) is 1. The molecule has 4 aliphatic rings. The molecule has 3 saturated carbocycles. The molecule has 8 atom stereocenters. The zero-order valence-corrected chi connectivity index (χ0v) is 23.8. The minimum Gasteiger partial charge on any atom is -0.481 e. The SMILES string of the molecule is C[C@]12C=CC(=O)C=C1CCC1C2C(O)C[C@@]2(C)C1CC[C@]2(O)C(=O)COC(=O)CCC(=O)NC(CCC(=O)O)C(=O)O. The quantitative estimate of drug-likeness (QED) is 0.217. The van der Waals surface area contributed by atoms with Crippen molar-refractivity contribution < 1.29 is 53.9 Å². The molecule has 12 heteroatoms. The molecule has 3 fully saturated rings. The Labute approximate surface area is 243 Å². The van der Waals surface area contributed by atoms with Crippen molar-refractivity contribution in [1.82, 2.24) is 5.32 Å². The number of ketones is 2. The Hall–Kier alpha value is -3.38. The highest BCUT2D eigenvalue weighted by Crippen LogP contribution is 2.67. The van der Waals surface area contributed by atoms with E-state index in [0.29, 0.717) is 12.8 Å². The molecular weight excluding hydrogens is 550 g/mol. The molecule has 0 aromatic heterocycles. The third-order valence-corrected chi connectivity index (χ3v) is 10.3. The first-order chi connectivity index (χ1) is 19.6. The van der Waals surface area contributed by atoms with E-state index in [1.54, 1.807) is 12.2 Å². The normalized spacial score (nSPS) is 35.6. The maximum Gasteiger partial charge on any atom is 0.326 e. The van der Waals surface area contributed by atoms with Crippen LogP contribution < -0.4 is 5.32 Å². The Morgan fingerprint density at radius 2 is 1.81 bits per heavy atom. The van der Waals surface area contributed by atoms with Crippen molar-refractivity contribution in [3.8, 4) is 0 Å². The van der Waals surface area contributed by atoms with Crippen molar-refractivity contribution in [3.05, 3.63) is 23.8 Å². The van der Waals surface area contributed by atoms with E-state index in [0.717, 1.165) is 12.0 Å². The van der Waals surface area contributed by atoms with Gasteiger partial charge >= 0.3 is 17.9 Å². The minimum absolute atomic E-state index is 0.0202. The molecule has 4 rings (SSSR count). The summed E-state index contributed by atoms with van der Waals surface area (Å²) in [6.07, 6.45) is 4.91. The van der Waals surface area contributed by atoms with Crippen LogP contribution in [0, 0.1) is 28.6 Å². The lowest BCUT2D eigenvalue weighted by Gasteiger charge is -2.59. The first-order valence-electron chi connectivity index (χ1n) is 14.4. The summed E-state index contributed by atoms with van der Waals surface area (Å²) in [7, 11) is 0. The number of carboxylic acid groups (broad SMARTS) is 2. The number of Topliss-reactive ketones (excluding diaryl/α,β-unsaturated/α-hetero) is 1. The Morgan fingerprint density at radius 3 is 2.48 bits per heavy atom. The number of carbonyl (C=O) groups is 6. The average Bonchev–Trinajstić information content (AvgIpc) is 3.19. The molecule has 5 unspecified atom stereocenters. The Bertz CT molecular complexity index is 1240. The monoisotopic (exact) mass is 589 g/mol. The van der Waals surface area contributed by atoms with Crippen LogP contribution in [0.4, 0.5) is 0 Å². The Morgan fingerprint density at radius 1 is 1.10 bits per heavy atom. The van der Waals surface area contributed by atoms with Crippen LogP contribution in [-0.2, 0) is 33.5 Å². The molecule has 230 valence electrons. The van der Waals surface area contributed by atoms with Gasteiger partial charge in [-0.15, -0.1) is 0 Å². The first-order valence-corrected chi connectivity index (χ1v) is 14.4. The van der Waals surface area contributed by atoms with E-state index in [-0.39, 0.29) is 42.8 Å². The van der Waals surface area contributed by atoms with Gasteiger partial charge in [-0.2, -0.15) is 0 Å². The number of aliphatic hydroxyl groups excluding tert-OH is 1. The molecule has 12 nitrogen and oxygen atoms in total. The summed E-state index contributed by atoms with van der Waals surface area (Å²) in [5.41, 5.74) is -2.26. The van der Waals surface area contributed by atoms with Gasteiger partial charge in [-0.25, -0.2) is 4.79 Å². The number of rotatable bonds is 11. The van der Waals surface area contributed by atoms with E-state index in [4.69, 9.17) is 14.9 Å². The summed E-state index contributed by atoms with van der Waals surface area (Å²) in [6, 6.07) is -1.42. The van der Waals surface area contributed by atoms with Crippen LogP contribution in [0.2, 0.25) is 0 Å². The largest absolute Gasteiger partial charge is 0.481 e. The van der Waals surface area contributed by atoms with Crippen molar-refractivity contribution in [2.45, 2.75) is 89.4 Å². The third kappa shape index (κ3) is 5.66. The number of carboxylic acids is 2. The van der Waals surface area contributed by atoms with E-state index in [1.807, 2.05) is 19.9 Å². The van der Waals surface area contributed by atoms with Gasteiger partial charge in [-0.1, -0.05) is 25.5 Å². The highest BCUT2D eigenvalue weighted by atomic mass is 16.5. The smallest absolute Gasteiger partial charge is 0.326 e. The van der Waals surface area contributed by atoms with E-state index in [9.17, 15) is 39.0 Å². The number of ether oxygens (including phenoxy) is 1. The molecule has 4 aliphatic carbocycles. The van der Waals surface area contributed by atoms with E-state index in [2.05, 4.69) is 5.32 Å². The van der Waals surface area contributed by atoms with Gasteiger partial charge in [-0.3, -0.25) is 24.0 Å². The lowest BCUT2D eigenvalue weighted by Crippen LogP contribution is -2.61. The summed E-state index contributed by atoms with van der Waals surface area (Å²) in [4.78, 5) is 71.7. The van der Waals surface area contributed by atoms with Gasteiger partial charge < -0.3 is 30.5 Å². The molecule has 0 radical (unpaired) electrons. The third-order valence-electron chi connectivity index (χ3n) is 10.3. The molecular formula is C30H39NO11. The van der Waals surface area contributed by atoms with Crippen molar-refractivity contribution in [2.24, 2.45) is 28.6 Å². The fourth-order valence-electron chi connectivity index (χ4n) is 8.13. The van der Waals surface area contributed by atoms with Gasteiger partial charge in [0.15, 0.2) is 12.4 Å². The number of hydrogen-bond acceptors (Lipinski definition) is 9. The second-order valence-corrected chi connectivity index (χ2v) is 12.6. The fourth-order valence-corrected chi connectivity index (χ4v) is 8.13. The molecule has 1 amide bonds. The second kappa shape index (κ2) is 11.7. The first kappa shape index (κ1) is 31.6. The number of aliphatic hydroxyl groups is 2. The van der Waals surface area contributed by atoms with Crippen molar-refractivity contribution in [1.29, 1.82) is 0 Å². The summed E-state index contributed by atoms with van der Waals surface area (Å²) in [5, 5.41) is 43.2. The number of amides is 1. The topological polar surface area (TPSA) is 205 Å². The Balaban J connectivity index is 1.35. The maximum absolute atomic E-state index is 13.4. The van der Waals surface area contributed by atoms with E-state index in [1.165, 1.54) is 0 Å². The van der Waals surface area contributed by atoms with Crippen LogP contribution in [0.3, 0.4) is 0 Å². The standard InChI is InChI=1S/C30H39NO11/c1-28-11-9-17(32)13-16(28)3-4-18-19-10-12-30(41,29(19,2)14-21(33)26(18)28)22(34)15-42-25(38)8-6-23(35)31-20(27(39)40)5-7-24(36)37/h9,11,13,18-21,26,33,41H,3-8,10,12,14-15H2,1-2H3,(H,31,35)(H,36,37)(H,39,40)/t18?,19?,20?,21?,26?,28-,29-,30-/m0/s1. The van der Waals surface area contributed by atoms with Crippen LogP contribution in [0.1, 0.15) is 71.6 Å². The van der Waals surface area contributed by atoms with Gasteiger partial charge in [0, 0.05) is 29.6 Å². The van der Waals surface area contributed by atoms with Crippen molar-refractivity contribution in [3.63, 3.8) is 0 Å². The zero-order valence-electron chi connectivity index (χ0n) is 23.8. The predicted molar refractivity (Wildman–Crippen MR) is 145 cm³/mol. The van der Waals surface area contributed by atoms with Crippen molar-refractivity contribution >= 4 is 35.4 Å². The fraction of sp³-hybridized carbons (Fsp3) is 0.667. The van der Waals surface area contributed by atoms with Gasteiger partial charge in [0.2, 0.25) is 11.7 Å². The van der Waals surface area contributed by atoms with E-state index >= 15 is 0 Å². The lowest BCUT2D eigenvalue weighted by atomic mass is 9.46. The predicted octanol–water partition coefficient (Wildman–Crippen LogP) is 1.32. The summed E-state index contributed by atoms with van der Waals surface area (Å²) >= 11 is 0.